The molecule has 118 valence electrons. The normalized spacial score (nSPS) is 11.3. The molecule has 0 bridgehead atoms. The molecule has 0 amide bonds. The average molecular weight is 317 g/mol. The number of hydrogen-bond donors (Lipinski definition) is 1. The maximum absolute atomic E-state index is 13.2. The molecule has 22 heavy (non-hydrogen) atoms. The number of aromatic carboxylic acids is 1. The van der Waals surface area contributed by atoms with Gasteiger partial charge in [0.15, 0.2) is 23.0 Å². The van der Waals surface area contributed by atoms with Gasteiger partial charge in [-0.2, -0.15) is 13.2 Å². The number of alkyl halides is 3. The van der Waals surface area contributed by atoms with Gasteiger partial charge in [-0.05, 0) is 12.1 Å². The average Bonchev–Trinajstić information content (AvgIpc) is 2.94. The van der Waals surface area contributed by atoms with E-state index in [1.54, 1.807) is 0 Å². The van der Waals surface area contributed by atoms with Crippen molar-refractivity contribution in [2.75, 3.05) is 14.2 Å². The fourth-order valence-corrected chi connectivity index (χ4v) is 1.90. The van der Waals surface area contributed by atoms with Crippen molar-refractivity contribution in [2.45, 2.75) is 6.18 Å². The minimum absolute atomic E-state index is 0.0405. The Kier molecular flexibility index (Phi) is 3.98. The summed E-state index contributed by atoms with van der Waals surface area (Å²) < 4.78 is 54.2. The predicted octanol–water partition coefficient (Wildman–Crippen LogP) is 3.08. The van der Waals surface area contributed by atoms with Crippen molar-refractivity contribution in [1.82, 2.24) is 5.16 Å². The number of benzene rings is 1. The van der Waals surface area contributed by atoms with Crippen LogP contribution in [0.2, 0.25) is 0 Å². The first-order valence-corrected chi connectivity index (χ1v) is 5.82. The molecule has 6 nitrogen and oxygen atoms in total. The molecule has 0 aliphatic heterocycles. The summed E-state index contributed by atoms with van der Waals surface area (Å²) in [5.74, 6) is -2.00. The Morgan fingerprint density at radius 2 is 1.95 bits per heavy atom. The van der Waals surface area contributed by atoms with Crippen molar-refractivity contribution in [1.29, 1.82) is 0 Å². The van der Waals surface area contributed by atoms with E-state index >= 15 is 0 Å². The molecule has 1 aromatic carbocycles. The summed E-state index contributed by atoms with van der Waals surface area (Å²) in [5.41, 5.74) is -2.06. The molecule has 2 aromatic rings. The molecule has 0 fully saturated rings. The van der Waals surface area contributed by atoms with Crippen LogP contribution in [-0.4, -0.2) is 30.5 Å². The SMILES string of the molecule is COc1ccc(C(F)(F)F)c(-c2cc(C(=O)O)no2)c1OC. The van der Waals surface area contributed by atoms with Crippen LogP contribution >= 0.6 is 0 Å². The maximum atomic E-state index is 13.2. The molecule has 1 aromatic heterocycles. The predicted molar refractivity (Wildman–Crippen MR) is 67.0 cm³/mol. The second-order valence-electron chi connectivity index (χ2n) is 4.10. The number of rotatable bonds is 4. The van der Waals surface area contributed by atoms with Crippen LogP contribution < -0.4 is 9.47 Å². The van der Waals surface area contributed by atoms with Crippen molar-refractivity contribution in [3.63, 3.8) is 0 Å². The molecule has 0 aliphatic carbocycles. The minimum atomic E-state index is -4.70. The van der Waals surface area contributed by atoms with E-state index in [9.17, 15) is 18.0 Å². The van der Waals surface area contributed by atoms with Crippen molar-refractivity contribution in [3.05, 3.63) is 29.5 Å². The van der Waals surface area contributed by atoms with E-state index in [0.29, 0.717) is 0 Å². The quantitative estimate of drug-likeness (QED) is 0.933. The molecule has 1 N–H and O–H groups in total. The third-order valence-corrected chi connectivity index (χ3v) is 2.83. The third kappa shape index (κ3) is 2.69. The zero-order valence-electron chi connectivity index (χ0n) is 11.4. The number of halogens is 3. The van der Waals surface area contributed by atoms with Crippen LogP contribution in [0.25, 0.3) is 11.3 Å². The van der Waals surface area contributed by atoms with Crippen LogP contribution in [0.5, 0.6) is 11.5 Å². The van der Waals surface area contributed by atoms with E-state index in [1.165, 1.54) is 7.11 Å². The number of ether oxygens (including phenoxy) is 2. The summed E-state index contributed by atoms with van der Waals surface area (Å²) in [6.45, 7) is 0. The standard InChI is InChI=1S/C13H10F3NO5/c1-20-8-4-3-6(13(14,15)16)10(11(8)21-2)9-5-7(12(18)19)17-22-9/h3-5H,1-2H3,(H,18,19). The van der Waals surface area contributed by atoms with Gasteiger partial charge in [0.1, 0.15) is 0 Å². The molecule has 0 atom stereocenters. The lowest BCUT2D eigenvalue weighted by Gasteiger charge is -2.16. The van der Waals surface area contributed by atoms with Crippen molar-refractivity contribution in [2.24, 2.45) is 0 Å². The molecule has 0 radical (unpaired) electrons. The maximum Gasteiger partial charge on any atom is 0.417 e. The minimum Gasteiger partial charge on any atom is -0.493 e. The Bertz CT molecular complexity index is 708. The molecule has 1 heterocycles. The van der Waals surface area contributed by atoms with Crippen molar-refractivity contribution in [3.8, 4) is 22.8 Å². The van der Waals surface area contributed by atoms with Gasteiger partial charge >= 0.3 is 12.1 Å². The molecular weight excluding hydrogens is 307 g/mol. The van der Waals surface area contributed by atoms with Crippen LogP contribution in [0.3, 0.4) is 0 Å². The highest BCUT2D eigenvalue weighted by Crippen LogP contribution is 2.46. The molecular formula is C13H10F3NO5. The van der Waals surface area contributed by atoms with Crippen LogP contribution in [0.15, 0.2) is 22.7 Å². The zero-order chi connectivity index (χ0) is 16.5. The first kappa shape index (κ1) is 15.7. The van der Waals surface area contributed by atoms with Gasteiger partial charge in [-0.15, -0.1) is 0 Å². The second kappa shape index (κ2) is 5.58. The van der Waals surface area contributed by atoms with E-state index in [2.05, 4.69) is 5.16 Å². The van der Waals surface area contributed by atoms with E-state index < -0.39 is 29.0 Å². The fraction of sp³-hybridized carbons (Fsp3) is 0.231. The Labute approximate surface area is 122 Å². The molecule has 9 heteroatoms. The van der Waals surface area contributed by atoms with E-state index in [0.717, 1.165) is 25.3 Å². The smallest absolute Gasteiger partial charge is 0.417 e. The Morgan fingerprint density at radius 1 is 1.27 bits per heavy atom. The zero-order valence-corrected chi connectivity index (χ0v) is 11.4. The highest BCUT2D eigenvalue weighted by molar-refractivity contribution is 5.87. The first-order valence-electron chi connectivity index (χ1n) is 5.82. The summed E-state index contributed by atoms with van der Waals surface area (Å²) in [7, 11) is 2.42. The van der Waals surface area contributed by atoms with Gasteiger partial charge in [0, 0.05) is 6.07 Å². The molecule has 0 spiro atoms. The van der Waals surface area contributed by atoms with Crippen LogP contribution in [0.4, 0.5) is 13.2 Å². The van der Waals surface area contributed by atoms with Gasteiger partial charge in [0.25, 0.3) is 0 Å². The third-order valence-electron chi connectivity index (χ3n) is 2.83. The van der Waals surface area contributed by atoms with Gasteiger partial charge in [-0.3, -0.25) is 0 Å². The van der Waals surface area contributed by atoms with Crippen molar-refractivity contribution < 1.29 is 37.1 Å². The highest BCUT2D eigenvalue weighted by Gasteiger charge is 2.37. The highest BCUT2D eigenvalue weighted by atomic mass is 19.4. The first-order chi connectivity index (χ1) is 10.3. The largest absolute Gasteiger partial charge is 0.493 e. The number of carboxylic acid groups (broad SMARTS) is 1. The van der Waals surface area contributed by atoms with Gasteiger partial charge in [-0.1, -0.05) is 5.16 Å². The number of carbonyl (C=O) groups is 1. The lowest BCUT2D eigenvalue weighted by molar-refractivity contribution is -0.137. The summed E-state index contributed by atoms with van der Waals surface area (Å²) in [6, 6.07) is 2.77. The molecule has 0 saturated carbocycles. The molecule has 0 aliphatic rings. The summed E-state index contributed by atoms with van der Waals surface area (Å²) in [4.78, 5) is 10.8. The Balaban J connectivity index is 2.76. The van der Waals surface area contributed by atoms with Gasteiger partial charge in [-0.25, -0.2) is 4.79 Å². The number of methoxy groups -OCH3 is 2. The van der Waals surface area contributed by atoms with E-state index in [1.807, 2.05) is 0 Å². The number of aromatic nitrogens is 1. The lowest BCUT2D eigenvalue weighted by atomic mass is 10.0. The van der Waals surface area contributed by atoms with Gasteiger partial charge in [0.05, 0.1) is 25.3 Å². The Morgan fingerprint density at radius 3 is 2.41 bits per heavy atom. The molecule has 2 rings (SSSR count). The molecule has 0 unspecified atom stereocenters. The topological polar surface area (TPSA) is 81.8 Å². The molecule has 0 saturated heterocycles. The summed E-state index contributed by atoms with van der Waals surface area (Å²) in [6.07, 6.45) is -4.70. The van der Waals surface area contributed by atoms with Crippen LogP contribution in [-0.2, 0) is 6.18 Å². The van der Waals surface area contributed by atoms with E-state index in [4.69, 9.17) is 19.1 Å². The van der Waals surface area contributed by atoms with E-state index in [-0.39, 0.29) is 17.3 Å². The summed E-state index contributed by atoms with van der Waals surface area (Å²) >= 11 is 0. The van der Waals surface area contributed by atoms with Crippen molar-refractivity contribution >= 4 is 5.97 Å². The second-order valence-corrected chi connectivity index (χ2v) is 4.10. The van der Waals surface area contributed by atoms with Gasteiger partial charge in [0.2, 0.25) is 0 Å². The Hall–Kier alpha value is -2.71. The van der Waals surface area contributed by atoms with Crippen LogP contribution in [0, 0.1) is 0 Å². The fourth-order valence-electron chi connectivity index (χ4n) is 1.90. The van der Waals surface area contributed by atoms with Gasteiger partial charge < -0.3 is 19.1 Å². The number of hydrogen-bond acceptors (Lipinski definition) is 5. The van der Waals surface area contributed by atoms with Crippen LogP contribution in [0.1, 0.15) is 16.1 Å². The lowest BCUT2D eigenvalue weighted by Crippen LogP contribution is -2.08. The monoisotopic (exact) mass is 317 g/mol. The number of nitrogens with zero attached hydrogens (tertiary/aromatic N) is 1. The summed E-state index contributed by atoms with van der Waals surface area (Å²) in [5, 5.41) is 12.0. The number of carboxylic acids is 1.